The van der Waals surface area contributed by atoms with Crippen molar-refractivity contribution in [2.24, 2.45) is 5.10 Å². The highest BCUT2D eigenvalue weighted by Crippen LogP contribution is 2.24. The summed E-state index contributed by atoms with van der Waals surface area (Å²) < 4.78 is 14.9. The fraction of sp³-hybridized carbons (Fsp3) is 0. The maximum Gasteiger partial charge on any atom is 0.275 e. The number of halogens is 1. The van der Waals surface area contributed by atoms with Gasteiger partial charge < -0.3 is 9.67 Å². The molecule has 0 spiro atoms. The second-order valence-corrected chi connectivity index (χ2v) is 6.20. The van der Waals surface area contributed by atoms with Crippen LogP contribution in [0.1, 0.15) is 16.1 Å². The van der Waals surface area contributed by atoms with E-state index in [2.05, 4.69) is 10.5 Å². The fourth-order valence-electron chi connectivity index (χ4n) is 2.96. The Morgan fingerprint density at radius 3 is 2.46 bits per heavy atom. The summed E-state index contributed by atoms with van der Waals surface area (Å²) in [4.78, 5) is 12.4. The molecule has 0 bridgehead atoms. The second-order valence-electron chi connectivity index (χ2n) is 6.20. The molecule has 3 aromatic carbocycles. The van der Waals surface area contributed by atoms with Gasteiger partial charge in [-0.1, -0.05) is 24.3 Å². The van der Waals surface area contributed by atoms with Crippen LogP contribution < -0.4 is 5.43 Å². The van der Waals surface area contributed by atoms with Crippen molar-refractivity contribution in [1.29, 1.82) is 0 Å². The van der Waals surface area contributed by atoms with Gasteiger partial charge >= 0.3 is 0 Å². The minimum absolute atomic E-state index is 0.110. The lowest BCUT2D eigenvalue weighted by Crippen LogP contribution is -2.18. The number of phenolic OH excluding ortho intramolecular Hbond substituents is 1. The first-order valence-corrected chi connectivity index (χ1v) is 8.60. The highest BCUT2D eigenvalue weighted by molar-refractivity contribution is 6.01. The Hall–Kier alpha value is -3.93. The zero-order chi connectivity index (χ0) is 19.5. The predicted molar refractivity (Wildman–Crippen MR) is 106 cm³/mol. The largest absolute Gasteiger partial charge is 0.507 e. The molecule has 6 heteroatoms. The summed E-state index contributed by atoms with van der Waals surface area (Å²) in [6, 6.07) is 20.3. The molecule has 2 N–H and O–H groups in total. The number of benzene rings is 3. The molecule has 138 valence electrons. The van der Waals surface area contributed by atoms with Crippen molar-refractivity contribution in [2.75, 3.05) is 0 Å². The number of hydrogen-bond donors (Lipinski definition) is 2. The highest BCUT2D eigenvalue weighted by atomic mass is 19.1. The first-order chi connectivity index (χ1) is 13.6. The third-order valence-corrected chi connectivity index (χ3v) is 4.36. The third-order valence-electron chi connectivity index (χ3n) is 4.36. The summed E-state index contributed by atoms with van der Waals surface area (Å²) in [5.74, 6) is -0.936. The van der Waals surface area contributed by atoms with Crippen LogP contribution in [0.15, 0.2) is 84.1 Å². The van der Waals surface area contributed by atoms with Crippen molar-refractivity contribution >= 4 is 22.9 Å². The number of hydrazone groups is 1. The molecular formula is C22H16FN3O2. The van der Waals surface area contributed by atoms with Gasteiger partial charge in [0.05, 0.1) is 17.5 Å². The zero-order valence-electron chi connectivity index (χ0n) is 14.7. The number of fused-ring (bicyclic) bond motifs is 1. The molecule has 0 aliphatic carbocycles. The number of carbonyl (C=O) groups is 1. The van der Waals surface area contributed by atoms with E-state index >= 15 is 0 Å². The molecule has 4 aromatic rings. The van der Waals surface area contributed by atoms with E-state index in [-0.39, 0.29) is 17.1 Å². The van der Waals surface area contributed by atoms with Gasteiger partial charge in [-0.05, 0) is 59.3 Å². The molecule has 0 saturated heterocycles. The predicted octanol–water partition coefficient (Wildman–Crippen LogP) is 4.24. The van der Waals surface area contributed by atoms with E-state index in [4.69, 9.17) is 0 Å². The standard InChI is InChI=1S/C22H16FN3O2/c23-17-7-9-18(10-8-17)26-11-3-6-19(26)14-24-25-22(28)20-12-15-4-1-2-5-16(15)13-21(20)27/h1-14,27H,(H,25,28). The average molecular weight is 373 g/mol. The Kier molecular flexibility index (Phi) is 4.60. The summed E-state index contributed by atoms with van der Waals surface area (Å²) >= 11 is 0. The van der Waals surface area contributed by atoms with E-state index in [1.54, 1.807) is 24.3 Å². The zero-order valence-corrected chi connectivity index (χ0v) is 14.7. The molecule has 0 aliphatic heterocycles. The van der Waals surface area contributed by atoms with Gasteiger partial charge in [-0.3, -0.25) is 4.79 Å². The van der Waals surface area contributed by atoms with Crippen molar-refractivity contribution in [3.05, 3.63) is 96.1 Å². The van der Waals surface area contributed by atoms with E-state index < -0.39 is 5.91 Å². The maximum absolute atomic E-state index is 13.1. The molecule has 0 saturated carbocycles. The van der Waals surface area contributed by atoms with Crippen molar-refractivity contribution < 1.29 is 14.3 Å². The molecule has 0 aliphatic rings. The number of aromatic nitrogens is 1. The summed E-state index contributed by atoms with van der Waals surface area (Å²) in [6.45, 7) is 0. The van der Waals surface area contributed by atoms with Crippen LogP contribution >= 0.6 is 0 Å². The molecule has 0 atom stereocenters. The van der Waals surface area contributed by atoms with Crippen LogP contribution in [0.4, 0.5) is 4.39 Å². The normalized spacial score (nSPS) is 11.2. The lowest BCUT2D eigenvalue weighted by atomic mass is 10.1. The van der Waals surface area contributed by atoms with Crippen LogP contribution in [0.3, 0.4) is 0 Å². The first kappa shape index (κ1) is 17.5. The van der Waals surface area contributed by atoms with Gasteiger partial charge in [0.2, 0.25) is 0 Å². The maximum atomic E-state index is 13.1. The van der Waals surface area contributed by atoms with E-state index in [9.17, 15) is 14.3 Å². The van der Waals surface area contributed by atoms with Crippen LogP contribution in [-0.4, -0.2) is 21.8 Å². The van der Waals surface area contributed by atoms with Gasteiger partial charge in [0.15, 0.2) is 0 Å². The van der Waals surface area contributed by atoms with E-state index in [0.29, 0.717) is 5.69 Å². The average Bonchev–Trinajstić information content (AvgIpc) is 3.16. The van der Waals surface area contributed by atoms with Crippen LogP contribution in [0.2, 0.25) is 0 Å². The molecule has 1 aromatic heterocycles. The Morgan fingerprint density at radius 1 is 1.00 bits per heavy atom. The van der Waals surface area contributed by atoms with E-state index in [0.717, 1.165) is 16.5 Å². The van der Waals surface area contributed by atoms with Gasteiger partial charge in [-0.15, -0.1) is 0 Å². The van der Waals surface area contributed by atoms with Crippen LogP contribution in [-0.2, 0) is 0 Å². The lowest BCUT2D eigenvalue weighted by molar-refractivity contribution is 0.0952. The van der Waals surface area contributed by atoms with Gasteiger partial charge in [0.25, 0.3) is 5.91 Å². The van der Waals surface area contributed by atoms with Gasteiger partial charge in [0.1, 0.15) is 11.6 Å². The van der Waals surface area contributed by atoms with Crippen LogP contribution in [0.5, 0.6) is 5.75 Å². The second kappa shape index (κ2) is 7.36. The third kappa shape index (κ3) is 3.48. The summed E-state index contributed by atoms with van der Waals surface area (Å²) in [6.07, 6.45) is 3.30. The number of amides is 1. The van der Waals surface area contributed by atoms with Crippen molar-refractivity contribution in [2.45, 2.75) is 0 Å². The Bertz CT molecular complexity index is 1180. The Labute approximate surface area is 160 Å². The molecular weight excluding hydrogens is 357 g/mol. The molecule has 4 rings (SSSR count). The number of phenols is 1. The first-order valence-electron chi connectivity index (χ1n) is 8.60. The van der Waals surface area contributed by atoms with Crippen molar-refractivity contribution in [3.63, 3.8) is 0 Å². The van der Waals surface area contributed by atoms with Crippen molar-refractivity contribution in [3.8, 4) is 11.4 Å². The minimum atomic E-state index is -0.514. The number of aromatic hydroxyl groups is 1. The Morgan fingerprint density at radius 2 is 1.71 bits per heavy atom. The van der Waals surface area contributed by atoms with E-state index in [1.165, 1.54) is 18.3 Å². The quantitative estimate of drug-likeness (QED) is 0.415. The molecule has 0 fully saturated rings. The monoisotopic (exact) mass is 373 g/mol. The van der Waals surface area contributed by atoms with Gasteiger partial charge in [-0.25, -0.2) is 9.82 Å². The van der Waals surface area contributed by atoms with Gasteiger partial charge in [0, 0.05) is 11.9 Å². The number of hydrogen-bond acceptors (Lipinski definition) is 3. The topological polar surface area (TPSA) is 66.6 Å². The molecule has 0 unspecified atom stereocenters. The fourth-order valence-corrected chi connectivity index (χ4v) is 2.96. The smallest absolute Gasteiger partial charge is 0.275 e. The summed E-state index contributed by atoms with van der Waals surface area (Å²) in [5, 5.41) is 15.8. The summed E-state index contributed by atoms with van der Waals surface area (Å²) in [5.41, 5.74) is 4.04. The van der Waals surface area contributed by atoms with Crippen LogP contribution in [0, 0.1) is 5.82 Å². The van der Waals surface area contributed by atoms with Crippen LogP contribution in [0.25, 0.3) is 16.5 Å². The summed E-state index contributed by atoms with van der Waals surface area (Å²) in [7, 11) is 0. The van der Waals surface area contributed by atoms with Gasteiger partial charge in [-0.2, -0.15) is 5.10 Å². The number of rotatable bonds is 4. The molecule has 5 nitrogen and oxygen atoms in total. The number of nitrogens with zero attached hydrogens (tertiary/aromatic N) is 2. The SMILES string of the molecule is O=C(NN=Cc1cccn1-c1ccc(F)cc1)c1cc2ccccc2cc1O. The Balaban J connectivity index is 1.53. The highest BCUT2D eigenvalue weighted by Gasteiger charge is 2.12. The van der Waals surface area contributed by atoms with Crippen molar-refractivity contribution in [1.82, 2.24) is 9.99 Å². The lowest BCUT2D eigenvalue weighted by Gasteiger charge is -2.07. The molecule has 1 amide bonds. The number of carbonyl (C=O) groups excluding carboxylic acids is 1. The minimum Gasteiger partial charge on any atom is -0.507 e. The molecule has 28 heavy (non-hydrogen) atoms. The molecule has 1 heterocycles. The number of nitrogens with one attached hydrogen (secondary N) is 1. The molecule has 0 radical (unpaired) electrons. The van der Waals surface area contributed by atoms with E-state index in [1.807, 2.05) is 47.2 Å².